The van der Waals surface area contributed by atoms with Gasteiger partial charge in [-0.15, -0.1) is 0 Å². The molecule has 126 valence electrons. The van der Waals surface area contributed by atoms with E-state index < -0.39 is 31.1 Å². The molecule has 1 aliphatic heterocycles. The summed E-state index contributed by atoms with van der Waals surface area (Å²) in [6, 6.07) is 1.94. The zero-order chi connectivity index (χ0) is 16.8. The maximum atomic E-state index is 10.2. The van der Waals surface area contributed by atoms with Crippen LogP contribution < -0.4 is 0 Å². The van der Waals surface area contributed by atoms with Gasteiger partial charge in [-0.1, -0.05) is 11.6 Å². The molecule has 0 bridgehead atoms. The molecule has 3 aromatic rings. The largest absolute Gasteiger partial charge is 0.394 e. The fourth-order valence-corrected chi connectivity index (χ4v) is 3.88. The number of aliphatic hydroxyl groups excluding tert-OH is 3. The number of aromatic nitrogens is 3. The molecular formula is C15H14ClN3O4S. The molecular weight excluding hydrogens is 354 g/mol. The van der Waals surface area contributed by atoms with Crippen molar-refractivity contribution in [1.29, 1.82) is 0 Å². The SMILES string of the molecule is OCC1O[C@@H](n2cc(Cl)c3c(-c4ccsc4)ncnc32)[C@@H](O)[C@H]1O. The van der Waals surface area contributed by atoms with E-state index in [0.717, 1.165) is 5.56 Å². The summed E-state index contributed by atoms with van der Waals surface area (Å²) < 4.78 is 7.14. The molecule has 3 aromatic heterocycles. The topological polar surface area (TPSA) is 101 Å². The monoisotopic (exact) mass is 367 g/mol. The van der Waals surface area contributed by atoms with E-state index in [1.807, 2.05) is 16.8 Å². The molecule has 1 fully saturated rings. The molecule has 0 aromatic carbocycles. The summed E-state index contributed by atoms with van der Waals surface area (Å²) in [4.78, 5) is 8.58. The van der Waals surface area contributed by atoms with Crippen molar-refractivity contribution < 1.29 is 20.1 Å². The van der Waals surface area contributed by atoms with Crippen molar-refractivity contribution >= 4 is 34.0 Å². The van der Waals surface area contributed by atoms with Crippen LogP contribution in [0.15, 0.2) is 29.4 Å². The first-order chi connectivity index (χ1) is 11.6. The number of rotatable bonds is 3. The van der Waals surface area contributed by atoms with Crippen LogP contribution in [-0.2, 0) is 4.74 Å². The molecule has 7 nitrogen and oxygen atoms in total. The summed E-state index contributed by atoms with van der Waals surface area (Å²) in [7, 11) is 0. The van der Waals surface area contributed by atoms with Crippen molar-refractivity contribution in [1.82, 2.24) is 14.5 Å². The molecule has 9 heteroatoms. The Morgan fingerprint density at radius 1 is 1.29 bits per heavy atom. The molecule has 4 rings (SSSR count). The van der Waals surface area contributed by atoms with E-state index >= 15 is 0 Å². The molecule has 0 saturated carbocycles. The van der Waals surface area contributed by atoms with Gasteiger partial charge >= 0.3 is 0 Å². The van der Waals surface area contributed by atoms with Crippen LogP contribution in [0.3, 0.4) is 0 Å². The summed E-state index contributed by atoms with van der Waals surface area (Å²) in [5.74, 6) is 0. The zero-order valence-corrected chi connectivity index (χ0v) is 13.9. The van der Waals surface area contributed by atoms with Crippen LogP contribution >= 0.6 is 22.9 Å². The van der Waals surface area contributed by atoms with E-state index in [9.17, 15) is 15.3 Å². The van der Waals surface area contributed by atoms with Crippen LogP contribution in [0.2, 0.25) is 5.02 Å². The molecule has 1 aliphatic rings. The van der Waals surface area contributed by atoms with Crippen molar-refractivity contribution in [3.05, 3.63) is 34.4 Å². The molecule has 3 N–H and O–H groups in total. The Labute approximate surface area is 145 Å². The van der Waals surface area contributed by atoms with Gasteiger partial charge in [0.05, 0.1) is 22.7 Å². The van der Waals surface area contributed by atoms with Crippen molar-refractivity contribution in [2.75, 3.05) is 6.61 Å². The van der Waals surface area contributed by atoms with Gasteiger partial charge in [0.25, 0.3) is 0 Å². The minimum Gasteiger partial charge on any atom is -0.394 e. The summed E-state index contributed by atoms with van der Waals surface area (Å²) in [5.41, 5.74) is 2.11. The van der Waals surface area contributed by atoms with Crippen LogP contribution in [0.25, 0.3) is 22.3 Å². The smallest absolute Gasteiger partial charge is 0.164 e. The van der Waals surface area contributed by atoms with Crippen LogP contribution in [0.4, 0.5) is 0 Å². The lowest BCUT2D eigenvalue weighted by atomic mass is 10.1. The Morgan fingerprint density at radius 2 is 2.12 bits per heavy atom. The number of ether oxygens (including phenoxy) is 1. The van der Waals surface area contributed by atoms with Crippen molar-refractivity contribution in [3.8, 4) is 11.3 Å². The summed E-state index contributed by atoms with van der Waals surface area (Å²) in [6.07, 6.45) is -1.12. The highest BCUT2D eigenvalue weighted by molar-refractivity contribution is 7.08. The van der Waals surface area contributed by atoms with Crippen molar-refractivity contribution in [2.45, 2.75) is 24.5 Å². The molecule has 1 unspecified atom stereocenters. The molecule has 0 spiro atoms. The molecule has 1 saturated heterocycles. The fourth-order valence-electron chi connectivity index (χ4n) is 2.96. The number of hydrogen-bond acceptors (Lipinski definition) is 7. The number of fused-ring (bicyclic) bond motifs is 1. The molecule has 4 heterocycles. The summed E-state index contributed by atoms with van der Waals surface area (Å²) in [5, 5.41) is 34.4. The van der Waals surface area contributed by atoms with Crippen LogP contribution in [0, 0.1) is 0 Å². The lowest BCUT2D eigenvalue weighted by Gasteiger charge is -2.17. The van der Waals surface area contributed by atoms with E-state index in [0.29, 0.717) is 21.7 Å². The van der Waals surface area contributed by atoms with Gasteiger partial charge in [-0.3, -0.25) is 0 Å². The Bertz CT molecular complexity index is 869. The number of nitrogens with zero attached hydrogens (tertiary/aromatic N) is 3. The average Bonchev–Trinajstić information content (AvgIpc) is 3.29. The number of aliphatic hydroxyl groups is 3. The standard InChI is InChI=1S/C15H14ClN3O4S/c16-8-3-19(15-13(22)12(21)9(4-20)23-15)14-10(8)11(17-6-18-14)7-1-2-24-5-7/h1-3,5-6,9,12-13,15,20-22H,4H2/t9?,12-,13-,15+/m0/s1. The van der Waals surface area contributed by atoms with Gasteiger partial charge in [-0.25, -0.2) is 9.97 Å². The Balaban J connectivity index is 1.86. The molecule has 24 heavy (non-hydrogen) atoms. The first-order valence-corrected chi connectivity index (χ1v) is 8.60. The van der Waals surface area contributed by atoms with E-state index in [-0.39, 0.29) is 0 Å². The number of hydrogen-bond donors (Lipinski definition) is 3. The van der Waals surface area contributed by atoms with Gasteiger partial charge in [-0.05, 0) is 11.4 Å². The van der Waals surface area contributed by atoms with E-state index in [2.05, 4.69) is 9.97 Å². The fraction of sp³-hybridized carbons (Fsp3) is 0.333. The minimum atomic E-state index is -1.20. The lowest BCUT2D eigenvalue weighted by Crippen LogP contribution is -2.33. The zero-order valence-electron chi connectivity index (χ0n) is 12.3. The highest BCUT2D eigenvalue weighted by atomic mass is 35.5. The predicted octanol–water partition coefficient (Wildman–Crippen LogP) is 1.42. The molecule has 0 amide bonds. The second-order valence-corrected chi connectivity index (χ2v) is 6.73. The van der Waals surface area contributed by atoms with Gasteiger partial charge in [0.15, 0.2) is 6.23 Å². The third-order valence-corrected chi connectivity index (χ3v) is 5.12. The first kappa shape index (κ1) is 15.9. The van der Waals surface area contributed by atoms with Gasteiger partial charge in [0.2, 0.25) is 0 Å². The van der Waals surface area contributed by atoms with Gasteiger partial charge in [0.1, 0.15) is 30.3 Å². The predicted molar refractivity (Wildman–Crippen MR) is 88.9 cm³/mol. The van der Waals surface area contributed by atoms with E-state index in [1.54, 1.807) is 22.1 Å². The van der Waals surface area contributed by atoms with Crippen LogP contribution in [0.1, 0.15) is 6.23 Å². The number of thiophene rings is 1. The minimum absolute atomic E-state index is 0.392. The van der Waals surface area contributed by atoms with Gasteiger partial charge in [0, 0.05) is 17.1 Å². The Morgan fingerprint density at radius 3 is 2.79 bits per heavy atom. The summed E-state index contributed by atoms with van der Waals surface area (Å²) >= 11 is 7.94. The third-order valence-electron chi connectivity index (χ3n) is 4.15. The maximum absolute atomic E-state index is 10.2. The Hall–Kier alpha value is -1.55. The maximum Gasteiger partial charge on any atom is 0.164 e. The average molecular weight is 368 g/mol. The van der Waals surface area contributed by atoms with Crippen LogP contribution in [-0.4, -0.2) is 54.8 Å². The number of halogens is 1. The Kier molecular flexibility index (Phi) is 4.03. The van der Waals surface area contributed by atoms with Crippen LogP contribution in [0.5, 0.6) is 0 Å². The second kappa shape index (κ2) is 6.07. The quantitative estimate of drug-likeness (QED) is 0.647. The van der Waals surface area contributed by atoms with E-state index in [4.69, 9.17) is 16.3 Å². The van der Waals surface area contributed by atoms with E-state index in [1.165, 1.54) is 6.33 Å². The third kappa shape index (κ3) is 2.34. The van der Waals surface area contributed by atoms with Gasteiger partial charge < -0.3 is 24.6 Å². The van der Waals surface area contributed by atoms with Crippen molar-refractivity contribution in [3.63, 3.8) is 0 Å². The van der Waals surface area contributed by atoms with Gasteiger partial charge in [-0.2, -0.15) is 11.3 Å². The molecule has 0 radical (unpaired) electrons. The highest BCUT2D eigenvalue weighted by Crippen LogP contribution is 2.38. The van der Waals surface area contributed by atoms with Crippen molar-refractivity contribution in [2.24, 2.45) is 0 Å². The normalized spacial score (nSPS) is 27.2. The molecule has 0 aliphatic carbocycles. The summed E-state index contributed by atoms with van der Waals surface area (Å²) in [6.45, 7) is -0.392. The molecule has 4 atom stereocenters. The first-order valence-electron chi connectivity index (χ1n) is 7.28. The second-order valence-electron chi connectivity index (χ2n) is 5.55. The lowest BCUT2D eigenvalue weighted by molar-refractivity contribution is -0.0508. The highest BCUT2D eigenvalue weighted by Gasteiger charge is 2.44.